The second-order valence-electron chi connectivity index (χ2n) is 17.2. The maximum atomic E-state index is 5.76. The number of hydrogen-bond acceptors (Lipinski definition) is 2. The Morgan fingerprint density at radius 1 is 0.410 bits per heavy atom. The zero-order valence-electron chi connectivity index (χ0n) is 38.2. The van der Waals surface area contributed by atoms with Crippen LogP contribution in [-0.2, 0) is 0 Å². The highest BCUT2D eigenvalue weighted by atomic mass is 16.5. The van der Waals surface area contributed by atoms with E-state index in [1.807, 2.05) is 0 Å². The van der Waals surface area contributed by atoms with E-state index in [0.717, 1.165) is 86.2 Å². The van der Waals surface area contributed by atoms with E-state index in [-0.39, 0.29) is 0 Å². The fourth-order valence-electron chi connectivity index (χ4n) is 8.02. The van der Waals surface area contributed by atoms with Gasteiger partial charge in [0.05, 0.1) is 13.2 Å². The van der Waals surface area contributed by atoms with Gasteiger partial charge in [0.2, 0.25) is 0 Å². The van der Waals surface area contributed by atoms with Crippen LogP contribution < -0.4 is 9.47 Å². The first kappa shape index (κ1) is 47.1. The second-order valence-corrected chi connectivity index (χ2v) is 17.2. The van der Waals surface area contributed by atoms with Gasteiger partial charge in [0.15, 0.2) is 0 Å². The van der Waals surface area contributed by atoms with Gasteiger partial charge in [0, 0.05) is 11.1 Å². The standard InChI is InChI=1S/C30H38O.C29H36O/c1-3-5-7-8-9-25-10-12-26(13-11-25)14-15-27-16-18-28(19-17-27)29-20-22-30(23-21-29)31-24-6-4-2;1-3-5-7-8-24-9-11-25(12-10-24)13-14-26-15-17-27(18-16-26)28-19-21-29(22-20-28)30-23-6-4-2/h12,16-23,25H,3-11,13,24H2,1-2H3;11,15-22,24H,3-10,12,23H2,1-2H3. The molecule has 2 atom stereocenters. The maximum absolute atomic E-state index is 5.76. The molecule has 0 heterocycles. The Balaban J connectivity index is 0.000000231. The second kappa shape index (κ2) is 27.8. The first-order valence-corrected chi connectivity index (χ1v) is 24.1. The van der Waals surface area contributed by atoms with Gasteiger partial charge in [-0.15, -0.1) is 0 Å². The van der Waals surface area contributed by atoms with Crippen LogP contribution in [0, 0.1) is 35.5 Å². The minimum absolute atomic E-state index is 0.791. The van der Waals surface area contributed by atoms with Gasteiger partial charge in [0.1, 0.15) is 11.5 Å². The zero-order valence-corrected chi connectivity index (χ0v) is 38.2. The first-order chi connectivity index (χ1) is 30.1. The molecule has 0 bridgehead atoms. The number of rotatable bonds is 19. The van der Waals surface area contributed by atoms with Crippen LogP contribution in [0.25, 0.3) is 22.3 Å². The predicted octanol–water partition coefficient (Wildman–Crippen LogP) is 16.8. The average molecular weight is 815 g/mol. The molecule has 0 spiro atoms. The van der Waals surface area contributed by atoms with Crippen molar-refractivity contribution in [3.63, 3.8) is 0 Å². The summed E-state index contributed by atoms with van der Waals surface area (Å²) in [6.45, 7) is 10.5. The van der Waals surface area contributed by atoms with Crippen molar-refractivity contribution in [1.29, 1.82) is 0 Å². The molecule has 0 amide bonds. The van der Waals surface area contributed by atoms with Crippen LogP contribution in [0.5, 0.6) is 11.5 Å². The topological polar surface area (TPSA) is 18.5 Å². The largest absolute Gasteiger partial charge is 0.494 e. The summed E-state index contributed by atoms with van der Waals surface area (Å²) < 4.78 is 11.5. The summed E-state index contributed by atoms with van der Waals surface area (Å²) in [5.41, 5.74) is 9.68. The lowest BCUT2D eigenvalue weighted by Crippen LogP contribution is -2.05. The third-order valence-electron chi connectivity index (χ3n) is 12.1. The quantitative estimate of drug-likeness (QED) is 0.0693. The van der Waals surface area contributed by atoms with E-state index >= 15 is 0 Å². The van der Waals surface area contributed by atoms with Gasteiger partial charge < -0.3 is 9.47 Å². The molecule has 0 radical (unpaired) electrons. The van der Waals surface area contributed by atoms with E-state index in [1.165, 1.54) is 117 Å². The van der Waals surface area contributed by atoms with Crippen LogP contribution in [0.1, 0.15) is 161 Å². The van der Waals surface area contributed by atoms with Crippen LogP contribution >= 0.6 is 0 Å². The van der Waals surface area contributed by atoms with Crippen LogP contribution in [0.2, 0.25) is 0 Å². The number of allylic oxidation sites excluding steroid dienone is 4. The minimum atomic E-state index is 0.791. The van der Waals surface area contributed by atoms with Crippen LogP contribution in [0.4, 0.5) is 0 Å². The van der Waals surface area contributed by atoms with E-state index < -0.39 is 0 Å². The molecule has 0 aromatic heterocycles. The smallest absolute Gasteiger partial charge is 0.119 e. The summed E-state index contributed by atoms with van der Waals surface area (Å²) in [5.74, 6) is 17.2. The fraction of sp³-hybridized carbons (Fsp3) is 0.458. The Bertz CT molecular complexity index is 2010. The van der Waals surface area contributed by atoms with Crippen LogP contribution in [-0.4, -0.2) is 13.2 Å². The van der Waals surface area contributed by atoms with E-state index in [2.05, 4.69) is 161 Å². The molecule has 2 aliphatic carbocycles. The molecule has 2 heteroatoms. The molecule has 0 saturated carbocycles. The summed E-state index contributed by atoms with van der Waals surface area (Å²) in [7, 11) is 0. The Kier molecular flexibility index (Phi) is 21.5. The number of benzene rings is 4. The number of unbranched alkanes of at least 4 members (excludes halogenated alkanes) is 7. The Hall–Kier alpha value is -4.92. The molecule has 322 valence electrons. The predicted molar refractivity (Wildman–Crippen MR) is 262 cm³/mol. The normalized spacial score (nSPS) is 15.7. The molecule has 0 aliphatic heterocycles. The molecule has 2 aliphatic rings. The SMILES string of the molecule is CCCCCC1CC=C(C#Cc2ccc(-c3ccc(OCCCC)cc3)cc2)CC1.CCCCCCC1CC=C(C#Cc2ccc(-c3ccc(OCCCC)cc3)cc2)CC1. The maximum Gasteiger partial charge on any atom is 0.119 e. The van der Waals surface area contributed by atoms with Crippen molar-refractivity contribution in [3.8, 4) is 57.4 Å². The van der Waals surface area contributed by atoms with Gasteiger partial charge in [0.25, 0.3) is 0 Å². The van der Waals surface area contributed by atoms with E-state index in [4.69, 9.17) is 9.47 Å². The highest BCUT2D eigenvalue weighted by molar-refractivity contribution is 5.66. The van der Waals surface area contributed by atoms with Crippen molar-refractivity contribution < 1.29 is 9.47 Å². The molecule has 6 rings (SSSR count). The molecule has 0 fully saturated rings. The molecule has 4 aromatic carbocycles. The average Bonchev–Trinajstić information content (AvgIpc) is 3.31. The third kappa shape index (κ3) is 17.5. The fourth-order valence-corrected chi connectivity index (χ4v) is 8.02. The molecular formula is C59H74O2. The van der Waals surface area contributed by atoms with Crippen LogP contribution in [0.3, 0.4) is 0 Å². The number of ether oxygens (including phenoxy) is 2. The van der Waals surface area contributed by atoms with Crippen molar-refractivity contribution in [2.45, 2.75) is 150 Å². The van der Waals surface area contributed by atoms with Gasteiger partial charge >= 0.3 is 0 Å². The van der Waals surface area contributed by atoms with Gasteiger partial charge in [-0.2, -0.15) is 0 Å². The molecule has 61 heavy (non-hydrogen) atoms. The number of hydrogen-bond donors (Lipinski definition) is 0. The Morgan fingerprint density at radius 2 is 0.770 bits per heavy atom. The van der Waals surface area contributed by atoms with Crippen molar-refractivity contribution in [1.82, 2.24) is 0 Å². The third-order valence-corrected chi connectivity index (χ3v) is 12.1. The van der Waals surface area contributed by atoms with Gasteiger partial charge in [-0.1, -0.05) is 183 Å². The lowest BCUT2D eigenvalue weighted by Gasteiger charge is -2.19. The lowest BCUT2D eigenvalue weighted by molar-refractivity contribution is 0.309. The molecule has 2 nitrogen and oxygen atoms in total. The first-order valence-electron chi connectivity index (χ1n) is 24.1. The summed E-state index contributed by atoms with van der Waals surface area (Å²) >= 11 is 0. The minimum Gasteiger partial charge on any atom is -0.494 e. The van der Waals surface area contributed by atoms with Crippen molar-refractivity contribution >= 4 is 0 Å². The highest BCUT2D eigenvalue weighted by Gasteiger charge is 2.14. The van der Waals surface area contributed by atoms with E-state index in [9.17, 15) is 0 Å². The summed E-state index contributed by atoms with van der Waals surface area (Å²) in [6, 6.07) is 33.9. The summed E-state index contributed by atoms with van der Waals surface area (Å²) in [5, 5.41) is 0. The molecule has 2 unspecified atom stereocenters. The lowest BCUT2D eigenvalue weighted by atomic mass is 9.86. The zero-order chi connectivity index (χ0) is 42.7. The molecule has 0 saturated heterocycles. The highest BCUT2D eigenvalue weighted by Crippen LogP contribution is 2.30. The van der Waals surface area contributed by atoms with Crippen molar-refractivity contribution in [2.75, 3.05) is 13.2 Å². The van der Waals surface area contributed by atoms with Crippen molar-refractivity contribution in [3.05, 3.63) is 131 Å². The van der Waals surface area contributed by atoms with E-state index in [1.54, 1.807) is 0 Å². The van der Waals surface area contributed by atoms with Crippen molar-refractivity contribution in [2.24, 2.45) is 11.8 Å². The monoisotopic (exact) mass is 815 g/mol. The summed E-state index contributed by atoms with van der Waals surface area (Å²) in [6.07, 6.45) is 29.0. The summed E-state index contributed by atoms with van der Waals surface area (Å²) in [4.78, 5) is 0. The van der Waals surface area contributed by atoms with E-state index in [0.29, 0.717) is 0 Å². The van der Waals surface area contributed by atoms with Gasteiger partial charge in [-0.05, 0) is 145 Å². The molecule has 0 N–H and O–H groups in total. The molecule has 4 aromatic rings. The Morgan fingerprint density at radius 3 is 1.13 bits per heavy atom. The van der Waals surface area contributed by atoms with Gasteiger partial charge in [-0.3, -0.25) is 0 Å². The Labute approximate surface area is 371 Å². The van der Waals surface area contributed by atoms with Crippen LogP contribution in [0.15, 0.2) is 120 Å². The molecular weight excluding hydrogens is 741 g/mol. The van der Waals surface area contributed by atoms with Gasteiger partial charge in [-0.25, -0.2) is 0 Å².